The number of esters is 1. The van der Waals surface area contributed by atoms with Crippen LogP contribution in [-0.4, -0.2) is 50.5 Å². The van der Waals surface area contributed by atoms with Gasteiger partial charge in [0, 0.05) is 11.5 Å². The molecule has 0 radical (unpaired) electrons. The maximum absolute atomic E-state index is 12.1. The van der Waals surface area contributed by atoms with E-state index in [4.69, 9.17) is 18.9 Å². The van der Waals surface area contributed by atoms with Gasteiger partial charge in [-0.1, -0.05) is 6.07 Å². The fraction of sp³-hybridized carbons (Fsp3) is 0.533. The Kier molecular flexibility index (Phi) is 5.51. The number of benzene rings is 1. The van der Waals surface area contributed by atoms with E-state index in [0.717, 1.165) is 11.5 Å². The van der Waals surface area contributed by atoms with Crippen molar-refractivity contribution in [2.75, 3.05) is 38.4 Å². The first-order chi connectivity index (χ1) is 10.8. The first-order valence-electron chi connectivity index (χ1n) is 7.10. The summed E-state index contributed by atoms with van der Waals surface area (Å²) in [5.41, 5.74) is 1.18. The van der Waals surface area contributed by atoms with Crippen LogP contribution in [0.2, 0.25) is 0 Å². The Morgan fingerprint density at radius 2 is 2.05 bits per heavy atom. The molecule has 2 fully saturated rings. The molecule has 0 unspecified atom stereocenters. The average molecular weight is 342 g/mol. The minimum atomic E-state index is -0.668. The lowest BCUT2D eigenvalue weighted by molar-refractivity contribution is -0.161. The lowest BCUT2D eigenvalue weighted by Gasteiger charge is -2.21. The smallest absolute Gasteiger partial charge is 0.343 e. The van der Waals surface area contributed by atoms with E-state index in [-0.39, 0.29) is 6.61 Å². The van der Waals surface area contributed by atoms with Crippen molar-refractivity contribution in [2.24, 2.45) is 0 Å². The van der Waals surface area contributed by atoms with E-state index in [9.17, 15) is 4.79 Å². The standard InChI is InChI=1S/C15H18O5S2/c1-17-12-8-10(15-21-6-7-22-15)2-3-11(12)20-14(16)13-9-18-4-5-19-13/h2-3,8,13,15H,4-7,9H2,1H3/t13-/m1/s1. The molecule has 0 bridgehead atoms. The lowest BCUT2D eigenvalue weighted by atomic mass is 10.2. The van der Waals surface area contributed by atoms with Crippen molar-refractivity contribution in [3.05, 3.63) is 23.8 Å². The summed E-state index contributed by atoms with van der Waals surface area (Å²) in [6.07, 6.45) is -0.668. The Labute approximate surface area is 138 Å². The van der Waals surface area contributed by atoms with Crippen LogP contribution in [0, 0.1) is 0 Å². The monoisotopic (exact) mass is 342 g/mol. The molecule has 0 saturated carbocycles. The second-order valence-corrected chi connectivity index (χ2v) is 7.56. The number of hydrogen-bond donors (Lipinski definition) is 0. The Bertz CT molecular complexity index is 525. The predicted molar refractivity (Wildman–Crippen MR) is 86.8 cm³/mol. The first kappa shape index (κ1) is 16.0. The minimum absolute atomic E-state index is 0.231. The summed E-state index contributed by atoms with van der Waals surface area (Å²) < 4.78 is 21.8. The molecule has 7 heteroatoms. The van der Waals surface area contributed by atoms with Gasteiger partial charge in [-0.3, -0.25) is 0 Å². The van der Waals surface area contributed by atoms with Gasteiger partial charge < -0.3 is 18.9 Å². The summed E-state index contributed by atoms with van der Waals surface area (Å²) in [5.74, 6) is 2.85. The van der Waals surface area contributed by atoms with Crippen LogP contribution >= 0.6 is 23.5 Å². The molecule has 0 spiro atoms. The molecule has 1 aromatic rings. The van der Waals surface area contributed by atoms with Gasteiger partial charge in [0.25, 0.3) is 0 Å². The normalized spacial score (nSPS) is 22.5. The van der Waals surface area contributed by atoms with Gasteiger partial charge in [-0.15, -0.1) is 23.5 Å². The molecule has 1 atom stereocenters. The summed E-state index contributed by atoms with van der Waals surface area (Å²) in [6.45, 7) is 1.15. The molecule has 2 aliphatic rings. The quantitative estimate of drug-likeness (QED) is 0.615. The van der Waals surface area contributed by atoms with Crippen molar-refractivity contribution in [2.45, 2.75) is 10.7 Å². The van der Waals surface area contributed by atoms with Crippen LogP contribution in [0.5, 0.6) is 11.5 Å². The highest BCUT2D eigenvalue weighted by Crippen LogP contribution is 2.46. The van der Waals surface area contributed by atoms with Crippen LogP contribution in [-0.2, 0) is 14.3 Å². The molecule has 3 rings (SSSR count). The number of rotatable bonds is 4. The van der Waals surface area contributed by atoms with Crippen molar-refractivity contribution in [1.29, 1.82) is 0 Å². The van der Waals surface area contributed by atoms with Crippen LogP contribution in [0.25, 0.3) is 0 Å². The van der Waals surface area contributed by atoms with Gasteiger partial charge in [-0.05, 0) is 17.7 Å². The zero-order valence-electron chi connectivity index (χ0n) is 12.3. The topological polar surface area (TPSA) is 54.0 Å². The Hall–Kier alpha value is -0.890. The molecule has 120 valence electrons. The van der Waals surface area contributed by atoms with Gasteiger partial charge in [0.05, 0.1) is 31.5 Å². The van der Waals surface area contributed by atoms with Gasteiger partial charge in [0.15, 0.2) is 17.6 Å². The van der Waals surface area contributed by atoms with Crippen molar-refractivity contribution >= 4 is 29.5 Å². The fourth-order valence-corrected chi connectivity index (χ4v) is 5.10. The van der Waals surface area contributed by atoms with Crippen molar-refractivity contribution in [3.8, 4) is 11.5 Å². The van der Waals surface area contributed by atoms with E-state index < -0.39 is 12.1 Å². The maximum Gasteiger partial charge on any atom is 0.343 e. The maximum atomic E-state index is 12.1. The number of ether oxygens (including phenoxy) is 4. The molecule has 5 nitrogen and oxygen atoms in total. The highest BCUT2D eigenvalue weighted by Gasteiger charge is 2.26. The number of carbonyl (C=O) groups excluding carboxylic acids is 1. The van der Waals surface area contributed by atoms with Crippen molar-refractivity contribution < 1.29 is 23.7 Å². The fourth-order valence-electron chi connectivity index (χ4n) is 2.26. The average Bonchev–Trinajstić information content (AvgIpc) is 3.10. The third-order valence-electron chi connectivity index (χ3n) is 3.37. The second kappa shape index (κ2) is 7.59. The number of thioether (sulfide) groups is 2. The number of carbonyl (C=O) groups is 1. The second-order valence-electron chi connectivity index (χ2n) is 4.84. The van der Waals surface area contributed by atoms with Crippen LogP contribution in [0.3, 0.4) is 0 Å². The Balaban J connectivity index is 1.71. The largest absolute Gasteiger partial charge is 0.493 e. The van der Waals surface area contributed by atoms with Gasteiger partial charge in [-0.2, -0.15) is 0 Å². The molecular formula is C15H18O5S2. The molecule has 0 N–H and O–H groups in total. The van der Waals surface area contributed by atoms with Gasteiger partial charge >= 0.3 is 5.97 Å². The zero-order valence-corrected chi connectivity index (χ0v) is 13.9. The van der Waals surface area contributed by atoms with Crippen LogP contribution in [0.4, 0.5) is 0 Å². The van der Waals surface area contributed by atoms with Gasteiger partial charge in [-0.25, -0.2) is 4.79 Å². The van der Waals surface area contributed by atoms with Crippen LogP contribution < -0.4 is 9.47 Å². The Morgan fingerprint density at radius 1 is 1.23 bits per heavy atom. The minimum Gasteiger partial charge on any atom is -0.493 e. The molecule has 1 aromatic carbocycles. The first-order valence-corrected chi connectivity index (χ1v) is 9.20. The summed E-state index contributed by atoms with van der Waals surface area (Å²) in [4.78, 5) is 12.1. The molecule has 0 aliphatic carbocycles. The van der Waals surface area contributed by atoms with E-state index >= 15 is 0 Å². The van der Waals surface area contributed by atoms with E-state index in [1.54, 1.807) is 13.2 Å². The van der Waals surface area contributed by atoms with Crippen LogP contribution in [0.15, 0.2) is 18.2 Å². The summed E-state index contributed by atoms with van der Waals surface area (Å²) in [5, 5.41) is 0. The number of methoxy groups -OCH3 is 1. The summed E-state index contributed by atoms with van der Waals surface area (Å²) in [7, 11) is 1.58. The van der Waals surface area contributed by atoms with E-state index in [1.807, 2.05) is 35.7 Å². The van der Waals surface area contributed by atoms with Crippen molar-refractivity contribution in [3.63, 3.8) is 0 Å². The number of hydrogen-bond acceptors (Lipinski definition) is 7. The third-order valence-corrected chi connectivity index (χ3v) is 6.48. The molecular weight excluding hydrogens is 324 g/mol. The lowest BCUT2D eigenvalue weighted by Crippen LogP contribution is -2.38. The molecule has 0 amide bonds. The third kappa shape index (κ3) is 3.71. The Morgan fingerprint density at radius 3 is 2.73 bits per heavy atom. The highest BCUT2D eigenvalue weighted by atomic mass is 32.2. The predicted octanol–water partition coefficient (Wildman–Crippen LogP) is 2.49. The molecule has 2 heterocycles. The highest BCUT2D eigenvalue weighted by molar-refractivity contribution is 8.19. The van der Waals surface area contributed by atoms with Gasteiger partial charge in [0.2, 0.25) is 0 Å². The van der Waals surface area contributed by atoms with E-state index in [1.165, 1.54) is 5.56 Å². The van der Waals surface area contributed by atoms with E-state index in [0.29, 0.717) is 29.3 Å². The molecule has 2 aliphatic heterocycles. The van der Waals surface area contributed by atoms with E-state index in [2.05, 4.69) is 0 Å². The SMILES string of the molecule is COc1cc(C2SCCS2)ccc1OC(=O)[C@H]1COCCO1. The van der Waals surface area contributed by atoms with Crippen molar-refractivity contribution in [1.82, 2.24) is 0 Å². The summed E-state index contributed by atoms with van der Waals surface area (Å²) in [6, 6.07) is 5.71. The molecule has 2 saturated heterocycles. The zero-order chi connectivity index (χ0) is 15.4. The van der Waals surface area contributed by atoms with Crippen LogP contribution in [0.1, 0.15) is 10.1 Å². The summed E-state index contributed by atoms with van der Waals surface area (Å²) >= 11 is 3.84. The molecule has 0 aromatic heterocycles. The molecule has 22 heavy (non-hydrogen) atoms. The van der Waals surface area contributed by atoms with Gasteiger partial charge in [0.1, 0.15) is 0 Å².